The van der Waals surface area contributed by atoms with E-state index in [1.54, 1.807) is 0 Å². The summed E-state index contributed by atoms with van der Waals surface area (Å²) < 4.78 is 0. The monoisotopic (exact) mass is 185 g/mol. The summed E-state index contributed by atoms with van der Waals surface area (Å²) in [6.07, 6.45) is 5.11. The van der Waals surface area contributed by atoms with E-state index in [0.717, 1.165) is 25.7 Å². The van der Waals surface area contributed by atoms with Gasteiger partial charge in [-0.1, -0.05) is 26.7 Å². The number of rotatable bonds is 2. The van der Waals surface area contributed by atoms with Crippen molar-refractivity contribution in [3.63, 3.8) is 0 Å². The molecule has 3 nitrogen and oxygen atoms in total. The quantitative estimate of drug-likeness (QED) is 0.560. The van der Waals surface area contributed by atoms with Gasteiger partial charge in [0.1, 0.15) is 0 Å². The van der Waals surface area contributed by atoms with Crippen LogP contribution in [0, 0.1) is 5.92 Å². The summed E-state index contributed by atoms with van der Waals surface area (Å²) in [7, 11) is 0. The standard InChI is InChI=1S/C10H23N3/c1-3-10(12,13)9(11)6-4-5-8(2)7-9/h8H,3-7,11-13H2,1-2H3. The molecule has 0 heterocycles. The van der Waals surface area contributed by atoms with E-state index in [0.29, 0.717) is 5.92 Å². The first-order valence-electron chi connectivity index (χ1n) is 5.28. The van der Waals surface area contributed by atoms with Gasteiger partial charge >= 0.3 is 0 Å². The Bertz CT molecular complexity index is 179. The summed E-state index contributed by atoms with van der Waals surface area (Å²) in [5.41, 5.74) is 17.3. The molecule has 0 spiro atoms. The number of nitrogens with two attached hydrogens (primary N) is 3. The lowest BCUT2D eigenvalue weighted by Crippen LogP contribution is -2.72. The third kappa shape index (κ3) is 2.03. The van der Waals surface area contributed by atoms with Gasteiger partial charge < -0.3 is 17.2 Å². The van der Waals surface area contributed by atoms with Gasteiger partial charge in [0.05, 0.1) is 5.66 Å². The second-order valence-corrected chi connectivity index (χ2v) is 4.75. The van der Waals surface area contributed by atoms with Crippen molar-refractivity contribution in [1.82, 2.24) is 0 Å². The van der Waals surface area contributed by atoms with Crippen molar-refractivity contribution >= 4 is 0 Å². The van der Waals surface area contributed by atoms with Crippen LogP contribution < -0.4 is 17.2 Å². The van der Waals surface area contributed by atoms with Crippen LogP contribution in [0.3, 0.4) is 0 Å². The van der Waals surface area contributed by atoms with E-state index in [4.69, 9.17) is 17.2 Å². The molecule has 1 aliphatic carbocycles. The molecule has 0 amide bonds. The molecule has 6 N–H and O–H groups in total. The molecule has 1 saturated carbocycles. The molecule has 0 bridgehead atoms. The average Bonchev–Trinajstić information content (AvgIpc) is 2.03. The molecule has 78 valence electrons. The second-order valence-electron chi connectivity index (χ2n) is 4.75. The van der Waals surface area contributed by atoms with Crippen LogP contribution in [0.1, 0.15) is 46.0 Å². The van der Waals surface area contributed by atoms with Crippen LogP contribution in [0.5, 0.6) is 0 Å². The van der Waals surface area contributed by atoms with Crippen LogP contribution in [-0.2, 0) is 0 Å². The van der Waals surface area contributed by atoms with E-state index >= 15 is 0 Å². The maximum Gasteiger partial charge on any atom is 0.0819 e. The zero-order chi connectivity index (χ0) is 10.1. The summed E-state index contributed by atoms with van der Waals surface area (Å²) >= 11 is 0. The molecule has 2 atom stereocenters. The molecular formula is C10H23N3. The van der Waals surface area contributed by atoms with Crippen LogP contribution in [0.2, 0.25) is 0 Å². The van der Waals surface area contributed by atoms with Gasteiger partial charge in [0.15, 0.2) is 0 Å². The summed E-state index contributed by atoms with van der Waals surface area (Å²) in [5.74, 6) is 0.664. The third-order valence-electron chi connectivity index (χ3n) is 3.54. The zero-order valence-electron chi connectivity index (χ0n) is 8.84. The molecule has 0 aromatic carbocycles. The molecule has 0 aliphatic heterocycles. The molecule has 13 heavy (non-hydrogen) atoms. The highest BCUT2D eigenvalue weighted by Gasteiger charge is 2.44. The normalized spacial score (nSPS) is 36.2. The second kappa shape index (κ2) is 3.56. The lowest BCUT2D eigenvalue weighted by Gasteiger charge is -2.47. The van der Waals surface area contributed by atoms with Gasteiger partial charge in [-0.25, -0.2) is 0 Å². The first-order chi connectivity index (χ1) is 5.91. The maximum absolute atomic E-state index is 6.29. The van der Waals surface area contributed by atoms with Crippen molar-refractivity contribution in [2.45, 2.75) is 57.2 Å². The van der Waals surface area contributed by atoms with E-state index in [1.165, 1.54) is 6.42 Å². The molecular weight excluding hydrogens is 162 g/mol. The molecule has 1 aliphatic rings. The van der Waals surface area contributed by atoms with Crippen LogP contribution in [0.25, 0.3) is 0 Å². The Kier molecular flexibility index (Phi) is 3.00. The Morgan fingerprint density at radius 3 is 2.54 bits per heavy atom. The lowest BCUT2D eigenvalue weighted by molar-refractivity contribution is 0.129. The molecule has 1 rings (SSSR count). The minimum atomic E-state index is -0.693. The minimum absolute atomic E-state index is 0.348. The van der Waals surface area contributed by atoms with Crippen molar-refractivity contribution < 1.29 is 0 Å². The molecule has 0 aromatic rings. The fourth-order valence-electron chi connectivity index (χ4n) is 2.37. The van der Waals surface area contributed by atoms with Gasteiger partial charge in [0, 0.05) is 5.54 Å². The Hall–Kier alpha value is -0.120. The predicted octanol–water partition coefficient (Wildman–Crippen LogP) is 0.918. The number of hydrogen-bond donors (Lipinski definition) is 3. The molecule has 0 radical (unpaired) electrons. The summed E-state index contributed by atoms with van der Waals surface area (Å²) in [5, 5.41) is 0. The minimum Gasteiger partial charge on any atom is -0.322 e. The largest absolute Gasteiger partial charge is 0.322 e. The van der Waals surface area contributed by atoms with E-state index in [-0.39, 0.29) is 5.54 Å². The van der Waals surface area contributed by atoms with Crippen LogP contribution >= 0.6 is 0 Å². The zero-order valence-corrected chi connectivity index (χ0v) is 8.84. The summed E-state index contributed by atoms with van der Waals surface area (Å²) in [6.45, 7) is 4.24. The van der Waals surface area contributed by atoms with Gasteiger partial charge in [-0.05, 0) is 25.2 Å². The van der Waals surface area contributed by atoms with E-state index in [1.807, 2.05) is 6.92 Å². The maximum atomic E-state index is 6.29. The van der Waals surface area contributed by atoms with Crippen molar-refractivity contribution in [2.24, 2.45) is 23.1 Å². The van der Waals surface area contributed by atoms with Crippen molar-refractivity contribution in [1.29, 1.82) is 0 Å². The summed E-state index contributed by atoms with van der Waals surface area (Å²) in [6, 6.07) is 0. The fourth-order valence-corrected chi connectivity index (χ4v) is 2.37. The van der Waals surface area contributed by atoms with Gasteiger partial charge in [-0.15, -0.1) is 0 Å². The Labute approximate surface area is 81.0 Å². The van der Waals surface area contributed by atoms with E-state index in [2.05, 4.69) is 6.92 Å². The summed E-state index contributed by atoms with van der Waals surface area (Å²) in [4.78, 5) is 0. The first-order valence-corrected chi connectivity index (χ1v) is 5.28. The number of hydrogen-bond acceptors (Lipinski definition) is 3. The van der Waals surface area contributed by atoms with Crippen LogP contribution in [-0.4, -0.2) is 11.2 Å². The molecule has 0 aromatic heterocycles. The van der Waals surface area contributed by atoms with Gasteiger partial charge in [-0.2, -0.15) is 0 Å². The average molecular weight is 185 g/mol. The molecule has 1 fully saturated rings. The molecule has 0 saturated heterocycles. The Morgan fingerprint density at radius 2 is 2.08 bits per heavy atom. The Morgan fingerprint density at radius 1 is 1.46 bits per heavy atom. The fraction of sp³-hybridized carbons (Fsp3) is 1.00. The highest BCUT2D eigenvalue weighted by molar-refractivity contribution is 5.04. The first kappa shape index (κ1) is 11.0. The van der Waals surface area contributed by atoms with Gasteiger partial charge in [0.25, 0.3) is 0 Å². The van der Waals surface area contributed by atoms with Crippen molar-refractivity contribution in [3.8, 4) is 0 Å². The Balaban J connectivity index is 2.74. The lowest BCUT2D eigenvalue weighted by atomic mass is 9.69. The highest BCUT2D eigenvalue weighted by Crippen LogP contribution is 2.35. The topological polar surface area (TPSA) is 78.1 Å². The van der Waals surface area contributed by atoms with E-state index < -0.39 is 5.66 Å². The van der Waals surface area contributed by atoms with Gasteiger partial charge in [-0.3, -0.25) is 0 Å². The SMILES string of the molecule is CCC(N)(N)C1(N)CCCC(C)C1. The van der Waals surface area contributed by atoms with Gasteiger partial charge in [0.2, 0.25) is 0 Å². The van der Waals surface area contributed by atoms with Crippen LogP contribution in [0.4, 0.5) is 0 Å². The van der Waals surface area contributed by atoms with Crippen molar-refractivity contribution in [2.75, 3.05) is 0 Å². The van der Waals surface area contributed by atoms with Crippen molar-refractivity contribution in [3.05, 3.63) is 0 Å². The van der Waals surface area contributed by atoms with Crippen LogP contribution in [0.15, 0.2) is 0 Å². The highest BCUT2D eigenvalue weighted by atomic mass is 15.1. The third-order valence-corrected chi connectivity index (χ3v) is 3.54. The predicted molar refractivity (Wildman–Crippen MR) is 55.9 cm³/mol. The van der Waals surface area contributed by atoms with E-state index in [9.17, 15) is 0 Å². The molecule has 2 unspecified atom stereocenters. The smallest absolute Gasteiger partial charge is 0.0819 e. The molecule has 3 heteroatoms.